The third-order valence-electron chi connectivity index (χ3n) is 7.13. The topological polar surface area (TPSA) is 108 Å². The molecule has 10 nitrogen and oxygen atoms in total. The summed E-state index contributed by atoms with van der Waals surface area (Å²) in [6, 6.07) is 19.3. The third-order valence-corrected chi connectivity index (χ3v) is 7.13. The Labute approximate surface area is 225 Å². The zero-order valence-electron chi connectivity index (χ0n) is 21.6. The summed E-state index contributed by atoms with van der Waals surface area (Å²) in [5.74, 6) is 0.475. The molecule has 0 aliphatic carbocycles. The second-order valence-corrected chi connectivity index (χ2v) is 9.68. The molecule has 0 unspecified atom stereocenters. The molecule has 1 N–H and O–H groups in total. The molecule has 2 aliphatic rings. The minimum atomic E-state index is -0.949. The van der Waals surface area contributed by atoms with Crippen molar-refractivity contribution in [3.63, 3.8) is 0 Å². The van der Waals surface area contributed by atoms with Gasteiger partial charge in [-0.2, -0.15) is 0 Å². The molecule has 10 heteroatoms. The number of hydrogen-bond acceptors (Lipinski definition) is 7. The molecule has 3 aromatic carbocycles. The van der Waals surface area contributed by atoms with Gasteiger partial charge in [-0.25, -0.2) is 4.68 Å². The highest BCUT2D eigenvalue weighted by atomic mass is 16.7. The van der Waals surface area contributed by atoms with Crippen molar-refractivity contribution >= 4 is 28.5 Å². The average Bonchev–Trinajstić information content (AvgIpc) is 3.72. The largest absolute Gasteiger partial charge is 0.454 e. The Morgan fingerprint density at radius 2 is 1.90 bits per heavy atom. The molecular formula is C29H29N5O5. The first kappa shape index (κ1) is 24.9. The number of aromatic nitrogens is 3. The smallest absolute Gasteiger partial charge is 0.249 e. The summed E-state index contributed by atoms with van der Waals surface area (Å²) in [6.07, 6.45) is 1.82. The molecule has 0 saturated carbocycles. The molecule has 0 radical (unpaired) electrons. The Balaban J connectivity index is 1.41. The van der Waals surface area contributed by atoms with E-state index in [4.69, 9.17) is 14.2 Å². The molecule has 2 amide bonds. The number of para-hydroxylation sites is 1. The number of amides is 2. The molecule has 0 spiro atoms. The summed E-state index contributed by atoms with van der Waals surface area (Å²) in [4.78, 5) is 29.7. The highest BCUT2D eigenvalue weighted by Gasteiger charge is 2.35. The molecule has 200 valence electrons. The zero-order valence-corrected chi connectivity index (χ0v) is 21.6. The maximum Gasteiger partial charge on any atom is 0.249 e. The molecule has 0 bridgehead atoms. The van der Waals surface area contributed by atoms with Crippen LogP contribution in [-0.2, 0) is 20.9 Å². The standard InChI is InChI=1S/C29H29N5O5/c1-19-7-2-3-9-22(19)28(29(36)30-16-21-8-6-14-37-21)34(20-12-13-25-26(15-20)39-18-38-25)27(35)17-33-24-11-5-4-10-23(24)31-32-33/h2-5,7,9-13,15,21,28H,6,8,14,16-18H2,1H3,(H,30,36)/t21-,28+/m1/s1. The van der Waals surface area contributed by atoms with E-state index in [1.165, 1.54) is 4.90 Å². The van der Waals surface area contributed by atoms with E-state index in [0.717, 1.165) is 29.5 Å². The first-order chi connectivity index (χ1) is 19.1. The van der Waals surface area contributed by atoms with Gasteiger partial charge < -0.3 is 19.5 Å². The number of fused-ring (bicyclic) bond motifs is 2. The van der Waals surface area contributed by atoms with E-state index in [1.807, 2.05) is 55.5 Å². The van der Waals surface area contributed by atoms with Crippen molar-refractivity contribution in [2.45, 2.75) is 38.5 Å². The number of nitrogens with one attached hydrogen (secondary N) is 1. The lowest BCUT2D eigenvalue weighted by molar-refractivity contribution is -0.127. The van der Waals surface area contributed by atoms with E-state index in [9.17, 15) is 9.59 Å². The molecule has 3 heterocycles. The van der Waals surface area contributed by atoms with E-state index in [1.54, 1.807) is 22.9 Å². The van der Waals surface area contributed by atoms with Crippen LogP contribution >= 0.6 is 0 Å². The number of nitrogens with zero attached hydrogens (tertiary/aromatic N) is 4. The van der Waals surface area contributed by atoms with Crippen molar-refractivity contribution in [2.75, 3.05) is 24.8 Å². The van der Waals surface area contributed by atoms with Crippen LogP contribution in [0, 0.1) is 6.92 Å². The number of ether oxygens (including phenoxy) is 3. The Kier molecular flexibility index (Phi) is 6.85. The normalized spacial score (nSPS) is 16.8. The second kappa shape index (κ2) is 10.7. The summed E-state index contributed by atoms with van der Waals surface area (Å²) in [5, 5.41) is 11.4. The fourth-order valence-corrected chi connectivity index (χ4v) is 5.12. The SMILES string of the molecule is Cc1ccccc1[C@@H](C(=O)NC[C@H]1CCCO1)N(C(=O)Cn1nnc2ccccc21)c1ccc2c(c1)OCO2. The number of anilines is 1. The van der Waals surface area contributed by atoms with Gasteiger partial charge in [0, 0.05) is 24.9 Å². The van der Waals surface area contributed by atoms with Crippen molar-refractivity contribution < 1.29 is 23.8 Å². The van der Waals surface area contributed by atoms with Gasteiger partial charge in [0.1, 0.15) is 18.1 Å². The van der Waals surface area contributed by atoms with E-state index in [2.05, 4.69) is 15.6 Å². The van der Waals surface area contributed by atoms with Crippen LogP contribution in [0.4, 0.5) is 5.69 Å². The Morgan fingerprint density at radius 1 is 1.08 bits per heavy atom. The molecule has 6 rings (SSSR count). The molecule has 1 fully saturated rings. The Hall–Kier alpha value is -4.44. The molecule has 1 aromatic heterocycles. The van der Waals surface area contributed by atoms with E-state index >= 15 is 0 Å². The van der Waals surface area contributed by atoms with Crippen molar-refractivity contribution in [3.05, 3.63) is 77.9 Å². The predicted octanol–water partition coefficient (Wildman–Crippen LogP) is 3.54. The van der Waals surface area contributed by atoms with Crippen LogP contribution in [-0.4, -0.2) is 52.9 Å². The second-order valence-electron chi connectivity index (χ2n) is 9.68. The molecule has 2 aliphatic heterocycles. The number of carbonyl (C=O) groups excluding carboxylic acids is 2. The first-order valence-corrected chi connectivity index (χ1v) is 13.0. The average molecular weight is 528 g/mol. The van der Waals surface area contributed by atoms with Gasteiger partial charge in [-0.3, -0.25) is 14.5 Å². The van der Waals surface area contributed by atoms with Crippen LogP contribution in [0.2, 0.25) is 0 Å². The maximum atomic E-state index is 14.2. The van der Waals surface area contributed by atoms with Gasteiger partial charge in [-0.15, -0.1) is 5.10 Å². The Bertz CT molecular complexity index is 1510. The van der Waals surface area contributed by atoms with Gasteiger partial charge in [0.25, 0.3) is 0 Å². The van der Waals surface area contributed by atoms with Crippen LogP contribution in [0.5, 0.6) is 11.5 Å². The van der Waals surface area contributed by atoms with Crippen LogP contribution < -0.4 is 19.7 Å². The van der Waals surface area contributed by atoms with Gasteiger partial charge in [-0.05, 0) is 55.2 Å². The number of benzene rings is 3. The van der Waals surface area contributed by atoms with Gasteiger partial charge in [0.05, 0.1) is 11.6 Å². The summed E-state index contributed by atoms with van der Waals surface area (Å²) < 4.78 is 18.4. The molecule has 2 atom stereocenters. The fraction of sp³-hybridized carbons (Fsp3) is 0.310. The minimum absolute atomic E-state index is 0.0392. The minimum Gasteiger partial charge on any atom is -0.454 e. The summed E-state index contributed by atoms with van der Waals surface area (Å²) in [6.45, 7) is 2.98. The number of carbonyl (C=O) groups is 2. The highest BCUT2D eigenvalue weighted by molar-refractivity contribution is 6.02. The van der Waals surface area contributed by atoms with Crippen LogP contribution in [0.15, 0.2) is 66.7 Å². The molecular weight excluding hydrogens is 498 g/mol. The maximum absolute atomic E-state index is 14.2. The lowest BCUT2D eigenvalue weighted by atomic mass is 9.98. The summed E-state index contributed by atoms with van der Waals surface area (Å²) >= 11 is 0. The van der Waals surface area contributed by atoms with Gasteiger partial charge >= 0.3 is 0 Å². The zero-order chi connectivity index (χ0) is 26.8. The van der Waals surface area contributed by atoms with E-state index in [-0.39, 0.29) is 31.3 Å². The van der Waals surface area contributed by atoms with E-state index in [0.29, 0.717) is 35.9 Å². The monoisotopic (exact) mass is 527 g/mol. The molecule has 39 heavy (non-hydrogen) atoms. The van der Waals surface area contributed by atoms with Crippen LogP contribution in [0.1, 0.15) is 30.0 Å². The lowest BCUT2D eigenvalue weighted by Gasteiger charge is -2.32. The van der Waals surface area contributed by atoms with Gasteiger partial charge in [-0.1, -0.05) is 41.6 Å². The van der Waals surface area contributed by atoms with Crippen molar-refractivity contribution in [2.24, 2.45) is 0 Å². The summed E-state index contributed by atoms with van der Waals surface area (Å²) in [7, 11) is 0. The predicted molar refractivity (Wildman–Crippen MR) is 143 cm³/mol. The molecule has 1 saturated heterocycles. The molecule has 4 aromatic rings. The third kappa shape index (κ3) is 5.03. The first-order valence-electron chi connectivity index (χ1n) is 13.0. The number of aryl methyl sites for hydroxylation is 1. The lowest BCUT2D eigenvalue weighted by Crippen LogP contribution is -2.47. The Morgan fingerprint density at radius 3 is 2.74 bits per heavy atom. The van der Waals surface area contributed by atoms with Crippen molar-refractivity contribution in [1.82, 2.24) is 20.3 Å². The van der Waals surface area contributed by atoms with Crippen LogP contribution in [0.3, 0.4) is 0 Å². The van der Waals surface area contributed by atoms with Crippen LogP contribution in [0.25, 0.3) is 11.0 Å². The summed E-state index contributed by atoms with van der Waals surface area (Å²) in [5.41, 5.74) is 3.53. The van der Waals surface area contributed by atoms with Gasteiger partial charge in [0.2, 0.25) is 18.6 Å². The van der Waals surface area contributed by atoms with Gasteiger partial charge in [0.15, 0.2) is 11.5 Å². The number of rotatable bonds is 8. The fourth-order valence-electron chi connectivity index (χ4n) is 5.12. The van der Waals surface area contributed by atoms with Crippen molar-refractivity contribution in [3.8, 4) is 11.5 Å². The highest BCUT2D eigenvalue weighted by Crippen LogP contribution is 2.38. The quantitative estimate of drug-likeness (QED) is 0.373. The van der Waals surface area contributed by atoms with E-state index < -0.39 is 6.04 Å². The van der Waals surface area contributed by atoms with Crippen molar-refractivity contribution in [1.29, 1.82) is 0 Å². The number of hydrogen-bond donors (Lipinski definition) is 1.